The van der Waals surface area contributed by atoms with E-state index in [1.807, 2.05) is 60.4 Å². The van der Waals surface area contributed by atoms with Crippen LogP contribution in [0.2, 0.25) is 0 Å². The summed E-state index contributed by atoms with van der Waals surface area (Å²) in [5.41, 5.74) is 5.52. The van der Waals surface area contributed by atoms with Gasteiger partial charge in [-0.25, -0.2) is 9.97 Å². The van der Waals surface area contributed by atoms with Crippen LogP contribution in [0.5, 0.6) is 5.75 Å². The van der Waals surface area contributed by atoms with E-state index in [2.05, 4.69) is 15.1 Å². The topological polar surface area (TPSA) is 146 Å². The van der Waals surface area contributed by atoms with Crippen LogP contribution in [0.15, 0.2) is 59.7 Å². The second-order valence-corrected chi connectivity index (χ2v) is 12.5. The molecule has 5 heterocycles. The first-order chi connectivity index (χ1) is 24.9. The number of aromatic nitrogens is 6. The van der Waals surface area contributed by atoms with Crippen molar-refractivity contribution in [2.75, 3.05) is 44.3 Å². The minimum Gasteiger partial charge on any atom is -0.485 e. The minimum atomic E-state index is -0.442. The number of hydrogen-bond donors (Lipinski definition) is 0. The summed E-state index contributed by atoms with van der Waals surface area (Å²) < 4.78 is 20.0. The van der Waals surface area contributed by atoms with Gasteiger partial charge in [0.2, 0.25) is 5.78 Å². The molecule has 2 aromatic carbocycles. The first-order valence-electron chi connectivity index (χ1n) is 17.3. The van der Waals surface area contributed by atoms with Crippen LogP contribution in [0.4, 0.5) is 5.69 Å². The number of benzene rings is 2. The Morgan fingerprint density at radius 2 is 1.78 bits per heavy atom. The summed E-state index contributed by atoms with van der Waals surface area (Å²) in [5, 5.41) is 4.69. The molecule has 0 atom stereocenters. The summed E-state index contributed by atoms with van der Waals surface area (Å²) in [5.74, 6) is 0.290. The zero-order valence-corrected chi connectivity index (χ0v) is 29.0. The van der Waals surface area contributed by atoms with Crippen molar-refractivity contribution in [3.8, 4) is 17.1 Å². The third kappa shape index (κ3) is 6.78. The van der Waals surface area contributed by atoms with Crippen molar-refractivity contribution in [3.63, 3.8) is 0 Å². The first-order valence-corrected chi connectivity index (χ1v) is 17.3. The molecule has 1 amide bonds. The summed E-state index contributed by atoms with van der Waals surface area (Å²) in [7, 11) is 0. The largest absolute Gasteiger partial charge is 0.485 e. The molecule has 0 N–H and O–H groups in total. The van der Waals surface area contributed by atoms with Gasteiger partial charge in [-0.2, -0.15) is 9.50 Å². The van der Waals surface area contributed by atoms with Gasteiger partial charge in [0.05, 0.1) is 31.2 Å². The molecule has 0 radical (unpaired) electrons. The number of piperazine rings is 1. The van der Waals surface area contributed by atoms with E-state index < -0.39 is 5.97 Å². The van der Waals surface area contributed by atoms with Gasteiger partial charge < -0.3 is 28.6 Å². The Hall–Kier alpha value is -5.63. The van der Waals surface area contributed by atoms with Gasteiger partial charge >= 0.3 is 5.97 Å². The number of ether oxygens (including phenoxy) is 3. The molecule has 51 heavy (non-hydrogen) atoms. The van der Waals surface area contributed by atoms with Crippen LogP contribution in [0.1, 0.15) is 52.4 Å². The molecule has 2 aliphatic heterocycles. The van der Waals surface area contributed by atoms with Crippen molar-refractivity contribution in [1.29, 1.82) is 0 Å². The Morgan fingerprint density at radius 3 is 2.55 bits per heavy atom. The van der Waals surface area contributed by atoms with Crippen molar-refractivity contribution in [1.82, 2.24) is 34.0 Å². The number of anilines is 1. The summed E-state index contributed by atoms with van der Waals surface area (Å²) in [6.07, 6.45) is 2.60. The van der Waals surface area contributed by atoms with Gasteiger partial charge in [-0.05, 0) is 49.4 Å². The lowest BCUT2D eigenvalue weighted by molar-refractivity contribution is -0.143. The van der Waals surface area contributed by atoms with E-state index in [0.717, 1.165) is 28.7 Å². The number of hydrogen-bond acceptors (Lipinski definition) is 11. The predicted molar refractivity (Wildman–Crippen MR) is 188 cm³/mol. The lowest BCUT2D eigenvalue weighted by Gasteiger charge is -2.36. The van der Waals surface area contributed by atoms with Gasteiger partial charge in [-0.15, -0.1) is 5.10 Å². The average molecular weight is 693 g/mol. The summed E-state index contributed by atoms with van der Waals surface area (Å²) in [6, 6.07) is 15.7. The molecule has 0 bridgehead atoms. The van der Waals surface area contributed by atoms with Crippen molar-refractivity contribution >= 4 is 23.3 Å². The number of rotatable bonds is 10. The van der Waals surface area contributed by atoms with Gasteiger partial charge in [-0.1, -0.05) is 49.4 Å². The van der Waals surface area contributed by atoms with Gasteiger partial charge in [-0.3, -0.25) is 14.4 Å². The van der Waals surface area contributed by atoms with Gasteiger partial charge in [0.1, 0.15) is 25.2 Å². The molecule has 14 nitrogen and oxygen atoms in total. The Balaban J connectivity index is 1.19. The van der Waals surface area contributed by atoms with E-state index >= 15 is 0 Å². The monoisotopic (exact) mass is 692 g/mol. The third-order valence-corrected chi connectivity index (χ3v) is 9.28. The fraction of sp³-hybridized carbons (Fsp3) is 0.378. The normalized spacial score (nSPS) is 14.4. The molecule has 0 spiro atoms. The van der Waals surface area contributed by atoms with Gasteiger partial charge in [0.25, 0.3) is 11.5 Å². The quantitative estimate of drug-likeness (QED) is 0.199. The number of carbonyl (C=O) groups excluding carboxylic acids is 2. The van der Waals surface area contributed by atoms with Gasteiger partial charge in [0, 0.05) is 31.7 Å². The van der Waals surface area contributed by atoms with Crippen LogP contribution in [0, 0.1) is 6.92 Å². The number of carbonyl (C=O) groups is 2. The second-order valence-electron chi connectivity index (χ2n) is 12.5. The lowest BCUT2D eigenvalue weighted by Crippen LogP contribution is -2.51. The summed E-state index contributed by atoms with van der Waals surface area (Å²) in [6.45, 7) is 8.45. The van der Waals surface area contributed by atoms with E-state index in [0.29, 0.717) is 74.5 Å². The highest BCUT2D eigenvalue weighted by atomic mass is 16.5. The van der Waals surface area contributed by atoms with Crippen LogP contribution in [0.25, 0.3) is 17.2 Å². The van der Waals surface area contributed by atoms with E-state index in [1.54, 1.807) is 23.3 Å². The van der Waals surface area contributed by atoms with E-state index in [1.165, 1.54) is 10.8 Å². The zero-order valence-electron chi connectivity index (χ0n) is 29.0. The highest BCUT2D eigenvalue weighted by molar-refractivity contribution is 5.95. The average Bonchev–Trinajstić information content (AvgIpc) is 3.62. The molecule has 264 valence electrons. The first kappa shape index (κ1) is 33.8. The molecule has 0 saturated carbocycles. The molecule has 1 fully saturated rings. The molecular formula is C37H40N8O6. The van der Waals surface area contributed by atoms with Crippen LogP contribution in [-0.4, -0.2) is 85.3 Å². The van der Waals surface area contributed by atoms with Crippen molar-refractivity contribution < 1.29 is 23.8 Å². The molecule has 0 aliphatic carbocycles. The maximum absolute atomic E-state index is 14.3. The van der Waals surface area contributed by atoms with Crippen molar-refractivity contribution in [3.05, 3.63) is 99.0 Å². The second kappa shape index (κ2) is 14.7. The third-order valence-electron chi connectivity index (χ3n) is 9.28. The highest BCUT2D eigenvalue weighted by Crippen LogP contribution is 2.27. The highest BCUT2D eigenvalue weighted by Gasteiger charge is 2.31. The Kier molecular flexibility index (Phi) is 9.75. The van der Waals surface area contributed by atoms with Crippen LogP contribution >= 0.6 is 0 Å². The molecule has 2 aliphatic rings. The fourth-order valence-electron chi connectivity index (χ4n) is 6.69. The van der Waals surface area contributed by atoms with Crippen molar-refractivity contribution in [2.45, 2.75) is 53.4 Å². The van der Waals surface area contributed by atoms with E-state index in [4.69, 9.17) is 19.2 Å². The molecule has 5 aromatic rings. The molecule has 14 heteroatoms. The van der Waals surface area contributed by atoms with Crippen LogP contribution in [-0.2, 0) is 46.9 Å². The Morgan fingerprint density at radius 1 is 0.980 bits per heavy atom. The number of fused-ring (bicyclic) bond motifs is 2. The minimum absolute atomic E-state index is 0.134. The van der Waals surface area contributed by atoms with Crippen molar-refractivity contribution in [2.24, 2.45) is 0 Å². The van der Waals surface area contributed by atoms with Crippen LogP contribution < -0.4 is 15.2 Å². The molecule has 3 aromatic heterocycles. The standard InChI is InChI=1S/C37H40N8O6/c1-4-29-32(42-14-16-43(17-15-42)35(47)31-33(24(3)38-23-39-31)51-21-25-9-7-6-8-10-25)36(48)45-37(44(29)20-30(46)50-5-2)40-34(41-45)27-11-12-28-22-49-18-13-26(28)19-27/h6-12,19,23H,4-5,13-18,20-22H2,1-3H3. The lowest BCUT2D eigenvalue weighted by atomic mass is 10.0. The number of amides is 1. The maximum Gasteiger partial charge on any atom is 0.326 e. The number of nitrogens with zero attached hydrogens (tertiary/aromatic N) is 8. The fourth-order valence-corrected chi connectivity index (χ4v) is 6.69. The summed E-state index contributed by atoms with van der Waals surface area (Å²) in [4.78, 5) is 58.1. The van der Waals surface area contributed by atoms with Crippen LogP contribution in [0.3, 0.4) is 0 Å². The smallest absolute Gasteiger partial charge is 0.326 e. The molecule has 0 unspecified atom stereocenters. The number of esters is 1. The molecule has 7 rings (SSSR count). The molecular weight excluding hydrogens is 652 g/mol. The Labute approximate surface area is 294 Å². The summed E-state index contributed by atoms with van der Waals surface area (Å²) >= 11 is 0. The zero-order chi connectivity index (χ0) is 35.5. The predicted octanol–water partition coefficient (Wildman–Crippen LogP) is 3.40. The molecule has 1 saturated heterocycles. The van der Waals surface area contributed by atoms with E-state index in [-0.39, 0.29) is 42.7 Å². The maximum atomic E-state index is 14.3. The number of aryl methyl sites for hydroxylation is 1. The SMILES string of the molecule is CCOC(=O)Cn1c(CC)c(N2CCN(C(=O)c3ncnc(C)c3OCc3ccccc3)CC2)c(=O)n2nc(-c3ccc4c(c3)CCOC4)nc12. The van der Waals surface area contributed by atoms with E-state index in [9.17, 15) is 14.4 Å². The Bertz CT molecular complexity index is 2140. The van der Waals surface area contributed by atoms with Gasteiger partial charge in [0.15, 0.2) is 17.3 Å².